The topological polar surface area (TPSA) is 340 Å². The summed E-state index contributed by atoms with van der Waals surface area (Å²) in [6, 6.07) is 6.49. The molecule has 2 aromatic heterocycles. The zero-order chi connectivity index (χ0) is 62.4. The minimum Gasteiger partial charge on any atom is -0.535 e. The number of hydrogen-bond acceptors (Lipinski definition) is 21. The van der Waals surface area contributed by atoms with Crippen molar-refractivity contribution in [1.29, 1.82) is 0 Å². The summed E-state index contributed by atoms with van der Waals surface area (Å²) in [5.74, 6) is -3.01. The number of hydrogen-bond donors (Lipinski definition) is 5. The van der Waals surface area contributed by atoms with Gasteiger partial charge in [-0.15, -0.1) is 22.7 Å². The number of Topliss-reactive ketones (excluding diaryl/α,β-unsaturated/α-hetero) is 2. The number of sulfone groups is 2. The van der Waals surface area contributed by atoms with Crippen molar-refractivity contribution in [3.8, 4) is 11.5 Å². The molecule has 87 heavy (non-hydrogen) atoms. The number of nitrogens with one attached hydrogen (secondary N) is 2. The maximum Gasteiger partial charge on any atom is 0.526 e. The van der Waals surface area contributed by atoms with Crippen LogP contribution in [0.3, 0.4) is 0 Å². The van der Waals surface area contributed by atoms with Crippen LogP contribution < -0.4 is 25.8 Å². The second kappa shape index (κ2) is 26.1. The standard InChI is InChI=1S/C36H50BN3O9S2.C20H23BN4O8S2.CH4/c1-21-38-26(20-50-21)30(39-33(43)40-12-14-51(44,45)15-13-40)27(41)19-24(37-48-29-18-23-17-28(35(23,5)6)36(29,7)49-37)16-22-10-9-11-25(31(22)46-8)32(42)47-34(2,3)4;22-19-23-14(10-34-19)16(24-20(29)25-4-6-35(31,32)7-5-25)15(26)9-12-8-11-2-1-3-13(18(27)28)17(11)33-21(12)30;/h9-11,20,23-24,28-30H,12-19H2,1-8H3,(H,39,43);1-3,10,12,16,30H,4-9H2,(H2,22,23)(H,24,29)(H,27,28);1H4/t23?,24-,28?,29?,30?,36+;12-,16?;/m11./s1. The molecule has 6 heterocycles. The molecule has 2 aromatic carbocycles. The second-order valence-electron chi connectivity index (χ2n) is 24.7. The van der Waals surface area contributed by atoms with Gasteiger partial charge in [0.2, 0.25) is 0 Å². The van der Waals surface area contributed by atoms with Gasteiger partial charge in [-0.05, 0) is 101 Å². The highest BCUT2D eigenvalue weighted by Crippen LogP contribution is 2.66. The van der Waals surface area contributed by atoms with Crippen LogP contribution in [0.15, 0.2) is 47.2 Å². The zero-order valence-electron chi connectivity index (χ0n) is 49.2. The van der Waals surface area contributed by atoms with Crippen LogP contribution in [0.1, 0.15) is 135 Å². The molecule has 3 aliphatic carbocycles. The Bertz CT molecular complexity index is 3480. The number of nitrogens with two attached hydrogens (primary N) is 1. The van der Waals surface area contributed by atoms with Gasteiger partial charge in [-0.2, -0.15) is 0 Å². The first-order valence-electron chi connectivity index (χ1n) is 28.5. The van der Waals surface area contributed by atoms with Gasteiger partial charge in [-0.25, -0.2) is 46.0 Å². The molecule has 0 spiro atoms. The fourth-order valence-electron chi connectivity index (χ4n) is 12.6. The summed E-state index contributed by atoms with van der Waals surface area (Å²) < 4.78 is 78.0. The molecule has 4 aliphatic heterocycles. The van der Waals surface area contributed by atoms with Crippen molar-refractivity contribution in [1.82, 2.24) is 30.4 Å². The van der Waals surface area contributed by atoms with Crippen molar-refractivity contribution < 1.29 is 79.2 Å². The molecule has 472 valence electrons. The Morgan fingerprint density at radius 3 is 1.97 bits per heavy atom. The first-order chi connectivity index (χ1) is 40.3. The van der Waals surface area contributed by atoms with E-state index in [1.54, 1.807) is 55.8 Å². The molecule has 8 atom stereocenters. The van der Waals surface area contributed by atoms with Crippen molar-refractivity contribution in [3.63, 3.8) is 0 Å². The summed E-state index contributed by atoms with van der Waals surface area (Å²) in [6.07, 6.45) is 2.04. The first-order valence-corrected chi connectivity index (χ1v) is 33.9. The summed E-state index contributed by atoms with van der Waals surface area (Å²) in [5.41, 5.74) is 6.66. The number of carboxylic acid groups (broad SMARTS) is 1. The third-order valence-electron chi connectivity index (χ3n) is 17.3. The van der Waals surface area contributed by atoms with Crippen LogP contribution in [0, 0.1) is 24.2 Å². The number of para-hydroxylation sites is 2. The Morgan fingerprint density at radius 1 is 0.851 bits per heavy atom. The number of fused-ring (bicyclic) bond motifs is 1. The number of methoxy groups -OCH3 is 1. The van der Waals surface area contributed by atoms with E-state index in [2.05, 4.69) is 41.4 Å². The first kappa shape index (κ1) is 66.8. The molecule has 4 amide bonds. The molecule has 6 fully saturated rings. The molecule has 30 heteroatoms. The van der Waals surface area contributed by atoms with Crippen LogP contribution in [0.4, 0.5) is 14.7 Å². The van der Waals surface area contributed by atoms with Gasteiger partial charge in [0.15, 0.2) is 36.4 Å². The molecule has 3 saturated heterocycles. The molecule has 5 unspecified atom stereocenters. The summed E-state index contributed by atoms with van der Waals surface area (Å²) in [6.45, 7) is 14.0. The van der Waals surface area contributed by atoms with Crippen LogP contribution in [0.2, 0.25) is 11.6 Å². The van der Waals surface area contributed by atoms with Crippen LogP contribution >= 0.6 is 22.7 Å². The summed E-state index contributed by atoms with van der Waals surface area (Å²) in [5, 5.41) is 29.6. The second-order valence-corrected chi connectivity index (χ2v) is 31.2. The van der Waals surface area contributed by atoms with Gasteiger partial charge >= 0.3 is 38.2 Å². The number of ketones is 2. The number of ether oxygens (including phenoxy) is 2. The highest BCUT2D eigenvalue weighted by atomic mass is 32.2. The number of urea groups is 2. The zero-order valence-corrected chi connectivity index (χ0v) is 52.5. The number of aryl methyl sites for hydroxylation is 1. The quantitative estimate of drug-likeness (QED) is 0.0617. The number of anilines is 1. The van der Waals surface area contributed by atoms with E-state index < -0.39 is 98.6 Å². The molecule has 2 bridgehead atoms. The maximum absolute atomic E-state index is 14.5. The maximum atomic E-state index is 14.5. The minimum absolute atomic E-state index is 0. The number of nitrogen functional groups attached to an aromatic ring is 1. The lowest BCUT2D eigenvalue weighted by molar-refractivity contribution is -0.199. The lowest BCUT2D eigenvalue weighted by Gasteiger charge is -2.64. The molecule has 11 rings (SSSR count). The van der Waals surface area contributed by atoms with Crippen molar-refractivity contribution in [2.24, 2.45) is 17.3 Å². The van der Waals surface area contributed by atoms with Gasteiger partial charge in [0.25, 0.3) is 0 Å². The molecule has 0 radical (unpaired) electrons. The smallest absolute Gasteiger partial charge is 0.526 e. The SMILES string of the molecule is C.COc1c(C[C@H](CC(=O)C(NC(=O)N2CCS(=O)(=O)CC2)c2csc(C)n2)B2OC3CC4CC(C4(C)C)[C@]3(C)O2)cccc1C(=O)OC(C)(C)C.Nc1nc(C(NC(=O)N2CCS(=O)(=O)CC2)C(=O)C[C@H]2Cc3cccc(C(=O)O)c3OB2O)cs1. The van der Waals surface area contributed by atoms with Crippen molar-refractivity contribution in [2.45, 2.75) is 135 Å². The van der Waals surface area contributed by atoms with Gasteiger partial charge in [-0.1, -0.05) is 45.5 Å². The van der Waals surface area contributed by atoms with Crippen LogP contribution in [-0.4, -0.2) is 170 Å². The average molecular weight is 1280 g/mol. The third kappa shape index (κ3) is 15.0. The van der Waals surface area contributed by atoms with Crippen molar-refractivity contribution in [2.75, 3.05) is 62.0 Å². The number of aromatic nitrogens is 2. The van der Waals surface area contributed by atoms with E-state index >= 15 is 0 Å². The van der Waals surface area contributed by atoms with Gasteiger partial charge in [-0.3, -0.25) is 9.59 Å². The highest BCUT2D eigenvalue weighted by molar-refractivity contribution is 7.91. The number of nitrogens with zero attached hydrogens (tertiary/aromatic N) is 4. The number of amides is 4. The summed E-state index contributed by atoms with van der Waals surface area (Å²) in [4.78, 5) is 90.2. The van der Waals surface area contributed by atoms with Crippen LogP contribution in [0.5, 0.6) is 11.5 Å². The van der Waals surface area contributed by atoms with E-state index in [-0.39, 0.29) is 127 Å². The fraction of sp³-hybridized carbons (Fsp3) is 0.579. The molecule has 4 aromatic rings. The van der Waals surface area contributed by atoms with Crippen LogP contribution in [-0.2, 0) is 56.2 Å². The number of carboxylic acids is 1. The molecule has 24 nitrogen and oxygen atoms in total. The lowest BCUT2D eigenvalue weighted by atomic mass is 9.43. The molecule has 3 saturated carbocycles. The Labute approximate surface area is 516 Å². The van der Waals surface area contributed by atoms with Gasteiger partial charge in [0.1, 0.15) is 34.7 Å². The Balaban J connectivity index is 0.000000239. The number of carbonyl (C=O) groups excluding carboxylic acids is 5. The largest absolute Gasteiger partial charge is 0.535 e. The van der Waals surface area contributed by atoms with E-state index in [9.17, 15) is 55.7 Å². The normalized spacial score (nSPS) is 24.1. The summed E-state index contributed by atoms with van der Waals surface area (Å²) in [7, 11) is -7.08. The van der Waals surface area contributed by atoms with Gasteiger partial charge < -0.3 is 59.7 Å². The lowest BCUT2D eigenvalue weighted by Crippen LogP contribution is -2.65. The number of carbonyl (C=O) groups is 6. The Hall–Kier alpha value is -6.17. The summed E-state index contributed by atoms with van der Waals surface area (Å²) >= 11 is 2.47. The fourth-order valence-corrected chi connectivity index (χ4v) is 16.2. The number of rotatable bonds is 16. The number of esters is 1. The van der Waals surface area contributed by atoms with Crippen molar-refractivity contribution in [3.05, 3.63) is 85.8 Å². The number of aromatic carboxylic acids is 1. The van der Waals surface area contributed by atoms with Gasteiger partial charge in [0, 0.05) is 61.4 Å². The molecular formula is C57H77B2N7O17S4. The molecule has 7 aliphatic rings. The number of thiazole rings is 2. The highest BCUT2D eigenvalue weighted by Gasteiger charge is 2.68. The minimum atomic E-state index is -3.21. The van der Waals surface area contributed by atoms with Crippen molar-refractivity contribution >= 4 is 97.3 Å². The molecular weight excluding hydrogens is 1200 g/mol. The van der Waals surface area contributed by atoms with E-state index in [1.807, 2.05) is 13.0 Å². The van der Waals surface area contributed by atoms with E-state index in [0.717, 1.165) is 29.2 Å². The Morgan fingerprint density at radius 2 is 1.43 bits per heavy atom. The number of benzene rings is 2. The van der Waals surface area contributed by atoms with Gasteiger partial charge in [0.05, 0.1) is 63.8 Å². The van der Waals surface area contributed by atoms with E-state index in [1.165, 1.54) is 34.3 Å². The van der Waals surface area contributed by atoms with E-state index in [4.69, 9.17) is 29.2 Å². The van der Waals surface area contributed by atoms with E-state index in [0.29, 0.717) is 34.4 Å². The third-order valence-corrected chi connectivity index (χ3v) is 22.0. The molecule has 6 N–H and O–H groups in total. The average Bonchev–Trinajstić information content (AvgIpc) is 1.67. The monoisotopic (exact) mass is 1280 g/mol. The predicted octanol–water partition coefficient (Wildman–Crippen LogP) is 6.18. The Kier molecular flexibility index (Phi) is 20.0. The predicted molar refractivity (Wildman–Crippen MR) is 328 cm³/mol. The van der Waals surface area contributed by atoms with Crippen LogP contribution in [0.25, 0.3) is 0 Å².